The van der Waals surface area contributed by atoms with E-state index in [4.69, 9.17) is 0 Å². The number of nitrogens with zero attached hydrogens (tertiary/aromatic N) is 3. The van der Waals surface area contributed by atoms with Crippen molar-refractivity contribution in [3.63, 3.8) is 0 Å². The Labute approximate surface area is 174 Å². The van der Waals surface area contributed by atoms with Crippen LogP contribution in [0.4, 0.5) is 4.39 Å². The number of benzene rings is 2. The minimum atomic E-state index is -0.305. The smallest absolute Gasteiger partial charge is 0.262 e. The van der Waals surface area contributed by atoms with E-state index in [2.05, 4.69) is 20.9 Å². The number of amides is 1. The zero-order chi connectivity index (χ0) is 20.3. The standard InChI is InChI=1S/C20H19BrFN3O2S/c1-3-25-19(27)16-10-14(21)6-9-17(16)23-20(25)28-12-18(26)24(2)11-13-4-7-15(22)8-5-13/h4-10H,3,11-12H2,1-2H3. The SMILES string of the molecule is CCn1c(SCC(=O)N(C)Cc2ccc(F)cc2)nc2ccc(Br)cc2c1=O. The Balaban J connectivity index is 1.75. The van der Waals surface area contributed by atoms with E-state index in [9.17, 15) is 14.0 Å². The molecule has 0 aliphatic carbocycles. The van der Waals surface area contributed by atoms with Gasteiger partial charge < -0.3 is 4.90 Å². The fraction of sp³-hybridized carbons (Fsp3) is 0.250. The molecule has 0 atom stereocenters. The molecular formula is C20H19BrFN3O2S. The highest BCUT2D eigenvalue weighted by Gasteiger charge is 2.15. The number of halogens is 2. The van der Waals surface area contributed by atoms with Gasteiger partial charge in [0.2, 0.25) is 5.91 Å². The largest absolute Gasteiger partial charge is 0.341 e. The van der Waals surface area contributed by atoms with Crippen molar-refractivity contribution < 1.29 is 9.18 Å². The molecule has 0 fully saturated rings. The van der Waals surface area contributed by atoms with Crippen molar-refractivity contribution in [1.29, 1.82) is 0 Å². The van der Waals surface area contributed by atoms with Crippen LogP contribution in [0.25, 0.3) is 10.9 Å². The normalized spacial score (nSPS) is 11.0. The van der Waals surface area contributed by atoms with E-state index in [1.807, 2.05) is 13.0 Å². The van der Waals surface area contributed by atoms with E-state index < -0.39 is 0 Å². The average molecular weight is 464 g/mol. The van der Waals surface area contributed by atoms with Crippen LogP contribution in [0.2, 0.25) is 0 Å². The van der Waals surface area contributed by atoms with Crippen molar-refractivity contribution in [2.75, 3.05) is 12.8 Å². The number of hydrogen-bond donors (Lipinski definition) is 0. The monoisotopic (exact) mass is 463 g/mol. The molecule has 0 aliphatic rings. The van der Waals surface area contributed by atoms with Gasteiger partial charge in [-0.2, -0.15) is 0 Å². The second-order valence-corrected chi connectivity index (χ2v) is 8.13. The van der Waals surface area contributed by atoms with Crippen molar-refractivity contribution in [3.05, 3.63) is 68.7 Å². The number of fused-ring (bicyclic) bond motifs is 1. The molecule has 0 saturated carbocycles. The van der Waals surface area contributed by atoms with Gasteiger partial charge in [0.15, 0.2) is 5.16 Å². The van der Waals surface area contributed by atoms with Crippen LogP contribution in [-0.2, 0) is 17.9 Å². The number of aromatic nitrogens is 2. The van der Waals surface area contributed by atoms with Crippen LogP contribution in [0.1, 0.15) is 12.5 Å². The third-order valence-corrected chi connectivity index (χ3v) is 5.74. The van der Waals surface area contributed by atoms with E-state index in [0.717, 1.165) is 10.0 Å². The average Bonchev–Trinajstić information content (AvgIpc) is 2.68. The van der Waals surface area contributed by atoms with Crippen LogP contribution in [-0.4, -0.2) is 33.2 Å². The summed E-state index contributed by atoms with van der Waals surface area (Å²) in [6.07, 6.45) is 0. The molecule has 0 unspecified atom stereocenters. The molecule has 0 bridgehead atoms. The van der Waals surface area contributed by atoms with E-state index in [1.165, 1.54) is 23.9 Å². The lowest BCUT2D eigenvalue weighted by atomic mass is 10.2. The molecular weight excluding hydrogens is 445 g/mol. The molecule has 0 saturated heterocycles. The van der Waals surface area contributed by atoms with Gasteiger partial charge in [0.25, 0.3) is 5.56 Å². The summed E-state index contributed by atoms with van der Waals surface area (Å²) in [5.74, 6) is -0.242. The van der Waals surface area contributed by atoms with Crippen LogP contribution in [0.3, 0.4) is 0 Å². The van der Waals surface area contributed by atoms with Gasteiger partial charge in [-0.1, -0.05) is 39.8 Å². The number of rotatable bonds is 6. The van der Waals surface area contributed by atoms with Crippen molar-refractivity contribution in [3.8, 4) is 0 Å². The Morgan fingerprint density at radius 2 is 1.96 bits per heavy atom. The van der Waals surface area contributed by atoms with Crippen LogP contribution < -0.4 is 5.56 Å². The summed E-state index contributed by atoms with van der Waals surface area (Å²) in [7, 11) is 1.70. The molecule has 0 radical (unpaired) electrons. The second-order valence-electron chi connectivity index (χ2n) is 6.27. The number of thioether (sulfide) groups is 1. The Morgan fingerprint density at radius 3 is 2.64 bits per heavy atom. The quantitative estimate of drug-likeness (QED) is 0.408. The summed E-state index contributed by atoms with van der Waals surface area (Å²) >= 11 is 4.62. The third-order valence-electron chi connectivity index (χ3n) is 4.28. The minimum absolute atomic E-state index is 0.0952. The maximum Gasteiger partial charge on any atom is 0.262 e. The molecule has 5 nitrogen and oxygen atoms in total. The van der Waals surface area contributed by atoms with Crippen molar-refractivity contribution in [2.24, 2.45) is 0 Å². The van der Waals surface area contributed by atoms with E-state index in [-0.39, 0.29) is 23.0 Å². The fourth-order valence-corrected chi connectivity index (χ4v) is 4.11. The minimum Gasteiger partial charge on any atom is -0.341 e. The summed E-state index contributed by atoms with van der Waals surface area (Å²) in [5.41, 5.74) is 1.33. The Hall–Kier alpha value is -2.19. The van der Waals surface area contributed by atoms with Crippen LogP contribution in [0.15, 0.2) is 56.9 Å². The van der Waals surface area contributed by atoms with Gasteiger partial charge in [-0.15, -0.1) is 0 Å². The molecule has 146 valence electrons. The lowest BCUT2D eigenvalue weighted by Gasteiger charge is -2.18. The predicted octanol–water partition coefficient (Wildman–Crippen LogP) is 4.07. The van der Waals surface area contributed by atoms with Gasteiger partial charge in [0.05, 0.1) is 16.7 Å². The zero-order valence-electron chi connectivity index (χ0n) is 15.5. The molecule has 8 heteroatoms. The van der Waals surface area contributed by atoms with E-state index in [0.29, 0.717) is 29.1 Å². The van der Waals surface area contributed by atoms with Gasteiger partial charge in [0.1, 0.15) is 5.82 Å². The van der Waals surface area contributed by atoms with Crippen molar-refractivity contribution in [1.82, 2.24) is 14.5 Å². The van der Waals surface area contributed by atoms with Gasteiger partial charge in [-0.25, -0.2) is 9.37 Å². The molecule has 3 aromatic rings. The molecule has 1 aromatic heterocycles. The lowest BCUT2D eigenvalue weighted by molar-refractivity contribution is -0.127. The molecule has 0 aliphatic heterocycles. The summed E-state index contributed by atoms with van der Waals surface area (Å²) in [4.78, 5) is 31.4. The Morgan fingerprint density at radius 1 is 1.25 bits per heavy atom. The summed E-state index contributed by atoms with van der Waals surface area (Å²) in [6, 6.07) is 11.4. The van der Waals surface area contributed by atoms with E-state index in [1.54, 1.807) is 40.8 Å². The first-order valence-corrected chi connectivity index (χ1v) is 10.5. The molecule has 2 aromatic carbocycles. The van der Waals surface area contributed by atoms with Crippen LogP contribution >= 0.6 is 27.7 Å². The first-order chi connectivity index (χ1) is 13.4. The second kappa shape index (κ2) is 8.87. The van der Waals surface area contributed by atoms with Gasteiger partial charge >= 0.3 is 0 Å². The molecule has 1 amide bonds. The summed E-state index contributed by atoms with van der Waals surface area (Å²) < 4.78 is 15.4. The highest BCUT2D eigenvalue weighted by atomic mass is 79.9. The van der Waals surface area contributed by atoms with Gasteiger partial charge in [-0.3, -0.25) is 14.2 Å². The van der Waals surface area contributed by atoms with Crippen molar-refractivity contribution in [2.45, 2.75) is 25.2 Å². The molecule has 0 spiro atoms. The topological polar surface area (TPSA) is 55.2 Å². The Kier molecular flexibility index (Phi) is 6.51. The number of carbonyl (C=O) groups is 1. The maximum absolute atomic E-state index is 13.0. The Bertz CT molecular complexity index is 1070. The number of hydrogen-bond acceptors (Lipinski definition) is 4. The van der Waals surface area contributed by atoms with Crippen molar-refractivity contribution >= 4 is 44.5 Å². The highest BCUT2D eigenvalue weighted by Crippen LogP contribution is 2.21. The first kappa shape index (κ1) is 20.5. The van der Waals surface area contributed by atoms with Crippen LogP contribution in [0, 0.1) is 5.82 Å². The predicted molar refractivity (Wildman–Crippen MR) is 113 cm³/mol. The highest BCUT2D eigenvalue weighted by molar-refractivity contribution is 9.10. The third kappa shape index (κ3) is 4.62. The maximum atomic E-state index is 13.0. The molecule has 1 heterocycles. The molecule has 0 N–H and O–H groups in total. The molecule has 28 heavy (non-hydrogen) atoms. The van der Waals surface area contributed by atoms with Gasteiger partial charge in [0, 0.05) is 24.6 Å². The lowest BCUT2D eigenvalue weighted by Crippen LogP contribution is -2.28. The van der Waals surface area contributed by atoms with Gasteiger partial charge in [-0.05, 0) is 42.8 Å². The van der Waals surface area contributed by atoms with E-state index >= 15 is 0 Å². The summed E-state index contributed by atoms with van der Waals surface area (Å²) in [5, 5.41) is 1.06. The zero-order valence-corrected chi connectivity index (χ0v) is 17.9. The number of carbonyl (C=O) groups excluding carboxylic acids is 1. The fourth-order valence-electron chi connectivity index (χ4n) is 2.75. The first-order valence-electron chi connectivity index (χ1n) is 8.70. The summed E-state index contributed by atoms with van der Waals surface area (Å²) in [6.45, 7) is 2.73. The molecule has 3 rings (SSSR count). The van der Waals surface area contributed by atoms with Crippen LogP contribution in [0.5, 0.6) is 0 Å².